The molecule has 1 aliphatic rings. The summed E-state index contributed by atoms with van der Waals surface area (Å²) >= 11 is 1.61. The Hall–Kier alpha value is -2.67. The minimum Gasteiger partial charge on any atom is -0.324 e. The molecule has 3 aromatic rings. The molecule has 0 radical (unpaired) electrons. The van der Waals surface area contributed by atoms with Crippen LogP contribution in [0.15, 0.2) is 58.2 Å². The Kier molecular flexibility index (Phi) is 4.94. The highest BCUT2D eigenvalue weighted by molar-refractivity contribution is 7.98. The fourth-order valence-corrected chi connectivity index (χ4v) is 4.26. The van der Waals surface area contributed by atoms with Crippen molar-refractivity contribution >= 4 is 34.5 Å². The molecule has 2 amide bonds. The zero-order chi connectivity index (χ0) is 18.8. The van der Waals surface area contributed by atoms with E-state index in [1.165, 1.54) is 0 Å². The Labute approximate surface area is 161 Å². The summed E-state index contributed by atoms with van der Waals surface area (Å²) in [5, 5.41) is 3.01. The molecule has 1 fully saturated rings. The number of para-hydroxylation sites is 3. The lowest BCUT2D eigenvalue weighted by atomic mass is 10.0. The number of thioether (sulfide) groups is 1. The van der Waals surface area contributed by atoms with E-state index < -0.39 is 0 Å². The van der Waals surface area contributed by atoms with Crippen molar-refractivity contribution in [3.8, 4) is 0 Å². The summed E-state index contributed by atoms with van der Waals surface area (Å²) in [6, 6.07) is 15.6. The minimum absolute atomic E-state index is 0.0759. The Morgan fingerprint density at radius 1 is 1.11 bits per heavy atom. The molecule has 4 rings (SSSR count). The van der Waals surface area contributed by atoms with Gasteiger partial charge in [-0.3, -0.25) is 4.57 Å². The van der Waals surface area contributed by atoms with Gasteiger partial charge in [-0.2, -0.15) is 0 Å². The van der Waals surface area contributed by atoms with E-state index in [0.717, 1.165) is 34.5 Å². The van der Waals surface area contributed by atoms with Gasteiger partial charge in [0.25, 0.3) is 0 Å². The van der Waals surface area contributed by atoms with Crippen LogP contribution in [0.1, 0.15) is 18.9 Å². The molecular formula is C20H22N4O2S. The quantitative estimate of drug-likeness (QED) is 0.675. The van der Waals surface area contributed by atoms with Gasteiger partial charge < -0.3 is 15.2 Å². The molecule has 27 heavy (non-hydrogen) atoms. The number of anilines is 1. The second-order valence-corrected chi connectivity index (χ2v) is 7.51. The number of urea groups is 1. The Morgan fingerprint density at radius 3 is 2.59 bits per heavy atom. The molecule has 2 heterocycles. The molecule has 0 spiro atoms. The van der Waals surface area contributed by atoms with Gasteiger partial charge in [-0.15, -0.1) is 11.8 Å². The molecule has 0 unspecified atom stereocenters. The number of nitrogens with zero attached hydrogens (tertiary/aromatic N) is 2. The maximum absolute atomic E-state index is 12.6. The van der Waals surface area contributed by atoms with E-state index in [-0.39, 0.29) is 17.8 Å². The van der Waals surface area contributed by atoms with Crippen molar-refractivity contribution in [3.63, 3.8) is 0 Å². The van der Waals surface area contributed by atoms with Crippen LogP contribution in [0.2, 0.25) is 0 Å². The van der Waals surface area contributed by atoms with E-state index in [0.29, 0.717) is 13.1 Å². The molecule has 0 saturated carbocycles. The van der Waals surface area contributed by atoms with E-state index in [1.807, 2.05) is 64.3 Å². The van der Waals surface area contributed by atoms with Gasteiger partial charge in [0.2, 0.25) is 0 Å². The summed E-state index contributed by atoms with van der Waals surface area (Å²) < 4.78 is 1.84. The summed E-state index contributed by atoms with van der Waals surface area (Å²) in [6.07, 6.45) is 3.52. The average molecular weight is 382 g/mol. The number of amides is 2. The van der Waals surface area contributed by atoms with Crippen LogP contribution in [0.25, 0.3) is 11.0 Å². The van der Waals surface area contributed by atoms with Gasteiger partial charge in [0.15, 0.2) is 0 Å². The molecule has 1 aliphatic heterocycles. The van der Waals surface area contributed by atoms with Crippen molar-refractivity contribution in [2.45, 2.75) is 23.8 Å². The van der Waals surface area contributed by atoms with E-state index in [2.05, 4.69) is 10.3 Å². The molecule has 2 N–H and O–H groups in total. The minimum atomic E-state index is -0.0822. The van der Waals surface area contributed by atoms with E-state index in [9.17, 15) is 9.59 Å². The van der Waals surface area contributed by atoms with E-state index in [1.54, 1.807) is 11.8 Å². The molecule has 0 atom stereocenters. The highest BCUT2D eigenvalue weighted by Crippen LogP contribution is 2.27. The topological polar surface area (TPSA) is 70.1 Å². The van der Waals surface area contributed by atoms with Crippen molar-refractivity contribution in [3.05, 3.63) is 59.0 Å². The average Bonchev–Trinajstić information content (AvgIpc) is 3.04. The lowest BCUT2D eigenvalue weighted by Crippen LogP contribution is -2.42. The third-order valence-corrected chi connectivity index (χ3v) is 5.89. The first-order valence-corrected chi connectivity index (χ1v) is 10.3. The maximum Gasteiger partial charge on any atom is 0.326 e. The second-order valence-electron chi connectivity index (χ2n) is 6.67. The van der Waals surface area contributed by atoms with Crippen LogP contribution < -0.4 is 11.0 Å². The number of aromatic nitrogens is 2. The van der Waals surface area contributed by atoms with Crippen molar-refractivity contribution in [1.82, 2.24) is 14.5 Å². The standard InChI is InChI=1S/C20H22N4O2S/c1-27-18-9-5-3-7-16(18)22-19(25)23-12-10-14(11-13-23)24-17-8-4-2-6-15(17)21-20(24)26/h2-9,14H,10-13H2,1H3,(H,21,26)(H,22,25). The SMILES string of the molecule is CSc1ccccc1NC(=O)N1CCC(n2c(=O)[nH]c3ccccc32)CC1. The van der Waals surface area contributed by atoms with Crippen LogP contribution >= 0.6 is 11.8 Å². The number of imidazole rings is 1. The van der Waals surface area contributed by atoms with Crippen LogP contribution in [0.5, 0.6) is 0 Å². The lowest BCUT2D eigenvalue weighted by Gasteiger charge is -2.32. The zero-order valence-corrected chi connectivity index (χ0v) is 16.0. The van der Waals surface area contributed by atoms with Gasteiger partial charge in [0, 0.05) is 24.0 Å². The van der Waals surface area contributed by atoms with Crippen LogP contribution in [-0.2, 0) is 0 Å². The number of rotatable bonds is 3. The van der Waals surface area contributed by atoms with Gasteiger partial charge in [0.05, 0.1) is 16.7 Å². The molecular weight excluding hydrogens is 360 g/mol. The normalized spacial score (nSPS) is 15.2. The Morgan fingerprint density at radius 2 is 1.81 bits per heavy atom. The number of piperidine rings is 1. The number of nitrogens with one attached hydrogen (secondary N) is 2. The van der Waals surface area contributed by atoms with E-state index in [4.69, 9.17) is 0 Å². The third kappa shape index (κ3) is 3.47. The van der Waals surface area contributed by atoms with Gasteiger partial charge in [-0.25, -0.2) is 9.59 Å². The fourth-order valence-electron chi connectivity index (χ4n) is 3.71. The van der Waals surface area contributed by atoms with Crippen LogP contribution in [0, 0.1) is 0 Å². The third-order valence-electron chi connectivity index (χ3n) is 5.09. The number of likely N-dealkylation sites (tertiary alicyclic amines) is 1. The van der Waals surface area contributed by atoms with Crippen molar-refractivity contribution in [2.75, 3.05) is 24.7 Å². The molecule has 1 aromatic heterocycles. The molecule has 140 valence electrons. The predicted octanol–water partition coefficient (Wildman–Crippen LogP) is 3.92. The maximum atomic E-state index is 12.6. The number of hydrogen-bond donors (Lipinski definition) is 2. The summed E-state index contributed by atoms with van der Waals surface area (Å²) in [5.74, 6) is 0. The first-order valence-electron chi connectivity index (χ1n) is 9.05. The molecule has 0 bridgehead atoms. The number of carbonyl (C=O) groups is 1. The molecule has 0 aliphatic carbocycles. The summed E-state index contributed by atoms with van der Waals surface area (Å²) in [6.45, 7) is 1.26. The van der Waals surface area contributed by atoms with Gasteiger partial charge in [0.1, 0.15) is 0 Å². The van der Waals surface area contributed by atoms with Gasteiger partial charge >= 0.3 is 11.7 Å². The smallest absolute Gasteiger partial charge is 0.324 e. The monoisotopic (exact) mass is 382 g/mol. The number of hydrogen-bond acceptors (Lipinski definition) is 3. The van der Waals surface area contributed by atoms with Crippen LogP contribution in [0.3, 0.4) is 0 Å². The summed E-state index contributed by atoms with van der Waals surface area (Å²) in [7, 11) is 0. The van der Waals surface area contributed by atoms with Crippen molar-refractivity contribution < 1.29 is 4.79 Å². The van der Waals surface area contributed by atoms with Gasteiger partial charge in [-0.05, 0) is 43.4 Å². The predicted molar refractivity (Wildman–Crippen MR) is 110 cm³/mol. The van der Waals surface area contributed by atoms with Crippen molar-refractivity contribution in [1.29, 1.82) is 0 Å². The molecule has 6 nitrogen and oxygen atoms in total. The summed E-state index contributed by atoms with van der Waals surface area (Å²) in [4.78, 5) is 30.8. The fraction of sp³-hybridized carbons (Fsp3) is 0.300. The van der Waals surface area contributed by atoms with Gasteiger partial charge in [-0.1, -0.05) is 24.3 Å². The highest BCUT2D eigenvalue weighted by Gasteiger charge is 2.26. The van der Waals surface area contributed by atoms with Crippen LogP contribution in [-0.4, -0.2) is 39.8 Å². The number of benzene rings is 2. The lowest BCUT2D eigenvalue weighted by molar-refractivity contribution is 0.184. The van der Waals surface area contributed by atoms with Crippen LogP contribution in [0.4, 0.5) is 10.5 Å². The Bertz CT molecular complexity index is 1020. The zero-order valence-electron chi connectivity index (χ0n) is 15.1. The first kappa shape index (κ1) is 17.7. The molecule has 1 saturated heterocycles. The largest absolute Gasteiger partial charge is 0.326 e. The second kappa shape index (κ2) is 7.52. The van der Waals surface area contributed by atoms with Crippen molar-refractivity contribution in [2.24, 2.45) is 0 Å². The van der Waals surface area contributed by atoms with E-state index >= 15 is 0 Å². The first-order chi connectivity index (χ1) is 13.2. The Balaban J connectivity index is 1.45. The number of H-pyrrole nitrogens is 1. The number of fused-ring (bicyclic) bond motifs is 1. The highest BCUT2D eigenvalue weighted by atomic mass is 32.2. The molecule has 7 heteroatoms. The summed E-state index contributed by atoms with van der Waals surface area (Å²) in [5.41, 5.74) is 2.55. The number of carbonyl (C=O) groups excluding carboxylic acids is 1. The number of aromatic amines is 1. The molecule has 2 aromatic carbocycles.